The van der Waals surface area contributed by atoms with Crippen LogP contribution in [-0.4, -0.2) is 88.3 Å². The molecule has 3 heterocycles. The van der Waals surface area contributed by atoms with Crippen molar-refractivity contribution in [2.45, 2.75) is 108 Å². The molecule has 4 aliphatic rings. The summed E-state index contributed by atoms with van der Waals surface area (Å²) in [7, 11) is 0. The SMILES string of the molecule is CC(C)N1CCN([C@H]2CCCCC[C@@H]2NC(=O)N2CCC(C)(c3noc(C4CC4)n3)CC2)CC1. The van der Waals surface area contributed by atoms with Crippen LogP contribution in [0.15, 0.2) is 4.52 Å². The summed E-state index contributed by atoms with van der Waals surface area (Å²) in [4.78, 5) is 25.3. The fraction of sp³-hybridized carbons (Fsp3) is 0.885. The molecule has 1 N–H and O–H groups in total. The molecular formula is C26H44N6O2. The molecule has 5 rings (SSSR count). The molecule has 0 spiro atoms. The maximum absolute atomic E-state index is 13.3. The Morgan fingerprint density at radius 1 is 1.00 bits per heavy atom. The smallest absolute Gasteiger partial charge is 0.317 e. The van der Waals surface area contributed by atoms with Crippen LogP contribution in [0, 0.1) is 0 Å². The predicted molar refractivity (Wildman–Crippen MR) is 132 cm³/mol. The molecule has 0 radical (unpaired) electrons. The molecule has 1 aromatic rings. The summed E-state index contributed by atoms with van der Waals surface area (Å²) in [6.45, 7) is 12.8. The Labute approximate surface area is 204 Å². The van der Waals surface area contributed by atoms with Gasteiger partial charge in [0.1, 0.15) is 0 Å². The lowest BCUT2D eigenvalue weighted by Crippen LogP contribution is -2.59. The quantitative estimate of drug-likeness (QED) is 0.658. The molecule has 8 heteroatoms. The molecule has 1 aromatic heterocycles. The van der Waals surface area contributed by atoms with Gasteiger partial charge in [-0.1, -0.05) is 31.3 Å². The Morgan fingerprint density at radius 3 is 2.38 bits per heavy atom. The highest BCUT2D eigenvalue weighted by molar-refractivity contribution is 5.74. The highest BCUT2D eigenvalue weighted by atomic mass is 16.5. The van der Waals surface area contributed by atoms with E-state index in [2.05, 4.69) is 41.0 Å². The van der Waals surface area contributed by atoms with Crippen molar-refractivity contribution >= 4 is 6.03 Å². The van der Waals surface area contributed by atoms with Crippen LogP contribution in [0.25, 0.3) is 0 Å². The summed E-state index contributed by atoms with van der Waals surface area (Å²) in [5.41, 5.74) is -0.103. The van der Waals surface area contributed by atoms with E-state index >= 15 is 0 Å². The Bertz CT molecular complexity index is 821. The summed E-state index contributed by atoms with van der Waals surface area (Å²) < 4.78 is 5.52. The summed E-state index contributed by atoms with van der Waals surface area (Å²) >= 11 is 0. The highest BCUT2D eigenvalue weighted by Crippen LogP contribution is 2.41. The molecule has 190 valence electrons. The second-order valence-electron chi connectivity index (χ2n) is 11.7. The van der Waals surface area contributed by atoms with Crippen molar-refractivity contribution in [3.05, 3.63) is 11.7 Å². The number of urea groups is 1. The summed E-state index contributed by atoms with van der Waals surface area (Å²) in [5.74, 6) is 2.13. The summed E-state index contributed by atoms with van der Waals surface area (Å²) in [6, 6.07) is 1.46. The van der Waals surface area contributed by atoms with Gasteiger partial charge in [-0.3, -0.25) is 9.80 Å². The molecule has 2 aliphatic heterocycles. The molecule has 34 heavy (non-hydrogen) atoms. The van der Waals surface area contributed by atoms with Gasteiger partial charge in [0, 0.05) is 68.7 Å². The average molecular weight is 473 g/mol. The number of hydrogen-bond donors (Lipinski definition) is 1. The summed E-state index contributed by atoms with van der Waals surface area (Å²) in [5, 5.41) is 7.80. The number of nitrogens with one attached hydrogen (secondary N) is 1. The largest absolute Gasteiger partial charge is 0.339 e. The molecule has 2 saturated heterocycles. The van der Waals surface area contributed by atoms with Crippen LogP contribution in [-0.2, 0) is 5.41 Å². The molecule has 2 saturated carbocycles. The lowest BCUT2D eigenvalue weighted by Gasteiger charge is -2.44. The van der Waals surface area contributed by atoms with Gasteiger partial charge in [-0.25, -0.2) is 4.79 Å². The van der Waals surface area contributed by atoms with E-state index in [1.165, 1.54) is 38.5 Å². The lowest BCUT2D eigenvalue weighted by atomic mass is 9.79. The van der Waals surface area contributed by atoms with Crippen molar-refractivity contribution < 1.29 is 9.32 Å². The van der Waals surface area contributed by atoms with Gasteiger partial charge < -0.3 is 14.7 Å². The third-order valence-electron chi connectivity index (χ3n) is 8.90. The topological polar surface area (TPSA) is 77.7 Å². The number of amides is 2. The molecule has 0 aromatic carbocycles. The van der Waals surface area contributed by atoms with Crippen molar-refractivity contribution in [3.63, 3.8) is 0 Å². The first-order valence-corrected chi connectivity index (χ1v) is 13.8. The van der Waals surface area contributed by atoms with Crippen LogP contribution in [0.2, 0.25) is 0 Å². The predicted octanol–water partition coefficient (Wildman–Crippen LogP) is 3.74. The molecule has 0 bridgehead atoms. The van der Waals surface area contributed by atoms with Gasteiger partial charge in [0.2, 0.25) is 5.89 Å². The fourth-order valence-electron chi connectivity index (χ4n) is 6.13. The first-order valence-electron chi connectivity index (χ1n) is 13.8. The monoisotopic (exact) mass is 472 g/mol. The Morgan fingerprint density at radius 2 is 1.71 bits per heavy atom. The van der Waals surface area contributed by atoms with E-state index in [4.69, 9.17) is 9.51 Å². The van der Waals surface area contributed by atoms with Crippen LogP contribution in [0.1, 0.15) is 96.2 Å². The maximum atomic E-state index is 13.3. The number of piperidine rings is 1. The highest BCUT2D eigenvalue weighted by Gasteiger charge is 2.40. The van der Waals surface area contributed by atoms with Crippen molar-refractivity contribution in [1.82, 2.24) is 30.2 Å². The van der Waals surface area contributed by atoms with Gasteiger partial charge >= 0.3 is 6.03 Å². The second kappa shape index (κ2) is 10.1. The van der Waals surface area contributed by atoms with Crippen LogP contribution < -0.4 is 5.32 Å². The number of carbonyl (C=O) groups is 1. The van der Waals surface area contributed by atoms with Crippen LogP contribution in [0.3, 0.4) is 0 Å². The zero-order valence-corrected chi connectivity index (χ0v) is 21.5. The van der Waals surface area contributed by atoms with Crippen molar-refractivity contribution in [2.24, 2.45) is 0 Å². The van der Waals surface area contributed by atoms with Crippen LogP contribution in [0.5, 0.6) is 0 Å². The zero-order valence-electron chi connectivity index (χ0n) is 21.5. The van der Waals surface area contributed by atoms with E-state index in [0.717, 1.165) is 70.2 Å². The number of rotatable bonds is 5. The van der Waals surface area contributed by atoms with Crippen molar-refractivity contribution in [1.29, 1.82) is 0 Å². The van der Waals surface area contributed by atoms with Crippen molar-refractivity contribution in [2.75, 3.05) is 39.3 Å². The second-order valence-corrected chi connectivity index (χ2v) is 11.7. The van der Waals surface area contributed by atoms with E-state index in [0.29, 0.717) is 18.0 Å². The van der Waals surface area contributed by atoms with Crippen LogP contribution in [0.4, 0.5) is 4.79 Å². The maximum Gasteiger partial charge on any atom is 0.317 e. The molecule has 2 aliphatic carbocycles. The van der Waals surface area contributed by atoms with Crippen molar-refractivity contribution in [3.8, 4) is 0 Å². The Balaban J connectivity index is 1.16. The van der Waals surface area contributed by atoms with Gasteiger partial charge in [-0.2, -0.15) is 4.98 Å². The molecule has 2 atom stereocenters. The van der Waals surface area contributed by atoms with Gasteiger partial charge in [-0.05, 0) is 52.4 Å². The number of hydrogen-bond acceptors (Lipinski definition) is 6. The Kier molecular flexibility index (Phi) is 7.17. The number of piperazine rings is 1. The van der Waals surface area contributed by atoms with E-state index < -0.39 is 0 Å². The molecule has 8 nitrogen and oxygen atoms in total. The standard InChI is InChI=1S/C26H44N6O2/c1-19(2)30-15-17-31(18-16-30)22-8-6-4-5-7-21(22)27-25(33)32-13-11-26(3,12-14-32)24-28-23(34-29-24)20-9-10-20/h19-22H,4-18H2,1-3H3,(H,27,33)/t21-,22-/m0/s1. The molecular weight excluding hydrogens is 428 g/mol. The van der Waals surface area contributed by atoms with Gasteiger partial charge in [-0.15, -0.1) is 0 Å². The van der Waals surface area contributed by atoms with E-state index in [1.807, 2.05) is 4.90 Å². The van der Waals surface area contributed by atoms with Gasteiger partial charge in [0.25, 0.3) is 0 Å². The lowest BCUT2D eigenvalue weighted by molar-refractivity contribution is 0.0603. The van der Waals surface area contributed by atoms with Gasteiger partial charge in [0.05, 0.1) is 0 Å². The fourth-order valence-corrected chi connectivity index (χ4v) is 6.13. The first-order chi connectivity index (χ1) is 16.4. The number of aromatic nitrogens is 2. The third-order valence-corrected chi connectivity index (χ3v) is 8.90. The minimum atomic E-state index is -0.103. The summed E-state index contributed by atoms with van der Waals surface area (Å²) in [6.07, 6.45) is 10.2. The number of carbonyl (C=O) groups excluding carboxylic acids is 1. The first kappa shape index (κ1) is 24.0. The third kappa shape index (κ3) is 5.27. The normalized spacial score (nSPS) is 29.2. The number of likely N-dealkylation sites (tertiary alicyclic amines) is 1. The van der Waals surface area contributed by atoms with E-state index in [-0.39, 0.29) is 17.5 Å². The molecule has 0 unspecified atom stereocenters. The Hall–Kier alpha value is -1.67. The molecule has 4 fully saturated rings. The van der Waals surface area contributed by atoms with Crippen LogP contribution >= 0.6 is 0 Å². The average Bonchev–Trinajstić information content (AvgIpc) is 3.61. The molecule has 2 amide bonds. The number of nitrogens with zero attached hydrogens (tertiary/aromatic N) is 5. The van der Waals surface area contributed by atoms with E-state index in [1.54, 1.807) is 0 Å². The van der Waals surface area contributed by atoms with Gasteiger partial charge in [0.15, 0.2) is 5.82 Å². The van der Waals surface area contributed by atoms with E-state index in [9.17, 15) is 4.79 Å². The zero-order chi connectivity index (χ0) is 23.7. The minimum Gasteiger partial charge on any atom is -0.339 e. The minimum absolute atomic E-state index is 0.103.